The minimum atomic E-state index is -0.549. The molecule has 2 heterocycles. The highest BCUT2D eigenvalue weighted by Gasteiger charge is 2.34. The molecule has 7 heteroatoms. The zero-order valence-electron chi connectivity index (χ0n) is 17.3. The number of hydrogen-bond donors (Lipinski definition) is 0. The van der Waals surface area contributed by atoms with Crippen LogP contribution in [-0.4, -0.2) is 42.4 Å². The molecule has 0 spiro atoms. The normalized spacial score (nSPS) is 13.1. The second kappa shape index (κ2) is 9.14. The lowest BCUT2D eigenvalue weighted by atomic mass is 10.1. The van der Waals surface area contributed by atoms with Gasteiger partial charge in [0, 0.05) is 24.1 Å². The fraction of sp³-hybridized carbons (Fsp3) is 0.292. The molecule has 0 aliphatic carbocycles. The highest BCUT2D eigenvalue weighted by molar-refractivity contribution is 6.21. The number of nitrogens with zero attached hydrogens (tertiary/aromatic N) is 1. The van der Waals surface area contributed by atoms with E-state index in [2.05, 4.69) is 0 Å². The van der Waals surface area contributed by atoms with Crippen LogP contribution in [-0.2, 0) is 16.1 Å². The van der Waals surface area contributed by atoms with Gasteiger partial charge in [-0.15, -0.1) is 0 Å². The van der Waals surface area contributed by atoms with E-state index < -0.39 is 5.97 Å². The smallest absolute Gasteiger partial charge is 0.374 e. The standard InChI is InChI=1S/C24H23NO6/c1-2-29-15-19-16-9-5-6-12-20(16)31-21(19)24(28)30-14-8-7-13-25-22(26)17-10-3-4-11-18(17)23(25)27/h3-6,9-12H,2,7-8,13-15H2,1H3. The van der Waals surface area contributed by atoms with Crippen LogP contribution < -0.4 is 0 Å². The van der Waals surface area contributed by atoms with E-state index in [1.54, 1.807) is 30.3 Å². The number of rotatable bonds is 9. The Hall–Kier alpha value is -3.45. The van der Waals surface area contributed by atoms with Crippen molar-refractivity contribution >= 4 is 28.8 Å². The lowest BCUT2D eigenvalue weighted by Gasteiger charge is -2.13. The molecule has 0 unspecified atom stereocenters. The first kappa shape index (κ1) is 20.8. The molecule has 0 saturated carbocycles. The van der Waals surface area contributed by atoms with E-state index in [0.29, 0.717) is 41.7 Å². The second-order valence-electron chi connectivity index (χ2n) is 7.19. The average Bonchev–Trinajstić information content (AvgIpc) is 3.28. The summed E-state index contributed by atoms with van der Waals surface area (Å²) in [5.74, 6) is -0.956. The van der Waals surface area contributed by atoms with Crippen molar-refractivity contribution in [2.24, 2.45) is 0 Å². The molecule has 0 atom stereocenters. The van der Waals surface area contributed by atoms with Gasteiger partial charge in [-0.25, -0.2) is 4.79 Å². The van der Waals surface area contributed by atoms with Gasteiger partial charge >= 0.3 is 5.97 Å². The fourth-order valence-electron chi connectivity index (χ4n) is 3.66. The number of imide groups is 1. The third-order valence-corrected chi connectivity index (χ3v) is 5.22. The summed E-state index contributed by atoms with van der Waals surface area (Å²) in [6.07, 6.45) is 1.05. The van der Waals surface area contributed by atoms with Crippen LogP contribution in [0.1, 0.15) is 56.6 Å². The number of fused-ring (bicyclic) bond motifs is 2. The predicted molar refractivity (Wildman–Crippen MR) is 113 cm³/mol. The molecule has 4 rings (SSSR count). The summed E-state index contributed by atoms with van der Waals surface area (Å²) in [6.45, 7) is 3.11. The van der Waals surface area contributed by atoms with Crippen molar-refractivity contribution in [1.82, 2.24) is 4.90 Å². The molecule has 31 heavy (non-hydrogen) atoms. The molecule has 0 N–H and O–H groups in total. The Bertz CT molecular complexity index is 1100. The molecule has 0 saturated heterocycles. The van der Waals surface area contributed by atoms with E-state index in [-0.39, 0.29) is 37.3 Å². The third kappa shape index (κ3) is 4.09. The first-order valence-electron chi connectivity index (χ1n) is 10.3. The molecule has 7 nitrogen and oxygen atoms in total. The number of carbonyl (C=O) groups is 3. The van der Waals surface area contributed by atoms with Gasteiger partial charge in [0.15, 0.2) is 0 Å². The third-order valence-electron chi connectivity index (χ3n) is 5.22. The summed E-state index contributed by atoms with van der Waals surface area (Å²) in [7, 11) is 0. The van der Waals surface area contributed by atoms with Crippen LogP contribution in [0, 0.1) is 0 Å². The zero-order chi connectivity index (χ0) is 21.8. The lowest BCUT2D eigenvalue weighted by Crippen LogP contribution is -2.30. The Morgan fingerprint density at radius 2 is 1.65 bits per heavy atom. The molecule has 1 aliphatic heterocycles. The SMILES string of the molecule is CCOCc1c(C(=O)OCCCCN2C(=O)c3ccccc3C2=O)oc2ccccc12. The molecular weight excluding hydrogens is 398 g/mol. The summed E-state index contributed by atoms with van der Waals surface area (Å²) >= 11 is 0. The van der Waals surface area contributed by atoms with Crippen LogP contribution in [0.5, 0.6) is 0 Å². The highest BCUT2D eigenvalue weighted by atomic mass is 16.5. The summed E-state index contributed by atoms with van der Waals surface area (Å²) in [5.41, 5.74) is 2.15. The first-order valence-corrected chi connectivity index (χ1v) is 10.3. The van der Waals surface area contributed by atoms with Crippen molar-refractivity contribution in [3.8, 4) is 0 Å². The van der Waals surface area contributed by atoms with Crippen LogP contribution in [0.4, 0.5) is 0 Å². The number of esters is 1. The van der Waals surface area contributed by atoms with E-state index in [0.717, 1.165) is 5.39 Å². The topological polar surface area (TPSA) is 86.0 Å². The molecule has 0 bridgehead atoms. The molecule has 1 aliphatic rings. The van der Waals surface area contributed by atoms with E-state index in [4.69, 9.17) is 13.9 Å². The fourth-order valence-corrected chi connectivity index (χ4v) is 3.66. The maximum Gasteiger partial charge on any atom is 0.374 e. The van der Waals surface area contributed by atoms with Crippen molar-refractivity contribution < 1.29 is 28.3 Å². The van der Waals surface area contributed by atoms with Crippen LogP contribution in [0.2, 0.25) is 0 Å². The average molecular weight is 421 g/mol. The van der Waals surface area contributed by atoms with Crippen molar-refractivity contribution in [3.05, 3.63) is 71.0 Å². The van der Waals surface area contributed by atoms with Crippen molar-refractivity contribution in [1.29, 1.82) is 0 Å². The Morgan fingerprint density at radius 3 is 2.35 bits per heavy atom. The van der Waals surface area contributed by atoms with Crippen LogP contribution >= 0.6 is 0 Å². The Balaban J connectivity index is 1.31. The zero-order valence-corrected chi connectivity index (χ0v) is 17.3. The van der Waals surface area contributed by atoms with Gasteiger partial charge in [-0.3, -0.25) is 14.5 Å². The Labute approximate surface area is 179 Å². The largest absolute Gasteiger partial charge is 0.460 e. The van der Waals surface area contributed by atoms with Crippen LogP contribution in [0.15, 0.2) is 52.9 Å². The molecular formula is C24H23NO6. The number of benzene rings is 2. The minimum absolute atomic E-state index is 0.148. The van der Waals surface area contributed by atoms with Gasteiger partial charge in [-0.1, -0.05) is 30.3 Å². The monoisotopic (exact) mass is 421 g/mol. The Morgan fingerprint density at radius 1 is 0.968 bits per heavy atom. The maximum atomic E-state index is 12.6. The maximum absolute atomic E-state index is 12.6. The van der Waals surface area contributed by atoms with E-state index in [1.165, 1.54) is 4.90 Å². The molecule has 1 aromatic heterocycles. The molecule has 0 radical (unpaired) electrons. The van der Waals surface area contributed by atoms with E-state index >= 15 is 0 Å². The van der Waals surface area contributed by atoms with Gasteiger partial charge in [-0.2, -0.15) is 0 Å². The van der Waals surface area contributed by atoms with Gasteiger partial charge in [0.1, 0.15) is 5.58 Å². The van der Waals surface area contributed by atoms with Gasteiger partial charge in [-0.05, 0) is 38.0 Å². The summed E-state index contributed by atoms with van der Waals surface area (Å²) < 4.78 is 16.6. The predicted octanol–water partition coefficient (Wildman–Crippen LogP) is 4.20. The molecule has 2 amide bonds. The van der Waals surface area contributed by atoms with Crippen LogP contribution in [0.25, 0.3) is 11.0 Å². The summed E-state index contributed by atoms with van der Waals surface area (Å²) in [4.78, 5) is 38.6. The summed E-state index contributed by atoms with van der Waals surface area (Å²) in [5, 5.41) is 0.827. The number of hydrogen-bond acceptors (Lipinski definition) is 6. The highest BCUT2D eigenvalue weighted by Crippen LogP contribution is 2.27. The van der Waals surface area contributed by atoms with Crippen molar-refractivity contribution in [2.75, 3.05) is 19.8 Å². The van der Waals surface area contributed by atoms with Gasteiger partial charge in [0.2, 0.25) is 5.76 Å². The van der Waals surface area contributed by atoms with Crippen molar-refractivity contribution in [2.45, 2.75) is 26.4 Å². The molecule has 2 aromatic carbocycles. The number of amides is 2. The van der Waals surface area contributed by atoms with Gasteiger partial charge < -0.3 is 13.9 Å². The number of ether oxygens (including phenoxy) is 2. The Kier molecular flexibility index (Phi) is 6.13. The first-order chi connectivity index (χ1) is 15.1. The number of unbranched alkanes of at least 4 members (excludes halogenated alkanes) is 1. The summed E-state index contributed by atoms with van der Waals surface area (Å²) in [6, 6.07) is 14.2. The van der Waals surface area contributed by atoms with Gasteiger partial charge in [0.05, 0.1) is 24.3 Å². The quantitative estimate of drug-likeness (QED) is 0.292. The van der Waals surface area contributed by atoms with E-state index in [1.807, 2.05) is 25.1 Å². The molecule has 160 valence electrons. The second-order valence-corrected chi connectivity index (χ2v) is 7.19. The number of para-hydroxylation sites is 1. The molecule has 0 fully saturated rings. The van der Waals surface area contributed by atoms with E-state index in [9.17, 15) is 14.4 Å². The van der Waals surface area contributed by atoms with Gasteiger partial charge in [0.25, 0.3) is 11.8 Å². The number of carbonyl (C=O) groups excluding carboxylic acids is 3. The minimum Gasteiger partial charge on any atom is -0.460 e. The molecule has 3 aromatic rings. The van der Waals surface area contributed by atoms with Crippen LogP contribution in [0.3, 0.4) is 0 Å². The lowest BCUT2D eigenvalue weighted by molar-refractivity contribution is 0.0446. The number of furan rings is 1. The van der Waals surface area contributed by atoms with Crippen molar-refractivity contribution in [3.63, 3.8) is 0 Å².